The molecule has 0 heterocycles. The van der Waals surface area contributed by atoms with Crippen LogP contribution in [0.1, 0.15) is 0 Å². The van der Waals surface area contributed by atoms with Crippen LogP contribution in [0.2, 0.25) is 0 Å². The molecule has 0 aliphatic rings. The van der Waals surface area contributed by atoms with Gasteiger partial charge >= 0.3 is 0 Å². The van der Waals surface area contributed by atoms with Gasteiger partial charge in [-0.25, -0.2) is 0 Å². The van der Waals surface area contributed by atoms with E-state index in [1.807, 2.05) is 19.0 Å². The van der Waals surface area contributed by atoms with Gasteiger partial charge in [0.05, 0.1) is 6.21 Å². The molecule has 0 saturated carbocycles. The van der Waals surface area contributed by atoms with Gasteiger partial charge in [-0.3, -0.25) is 0 Å². The van der Waals surface area contributed by atoms with E-state index in [0.717, 1.165) is 6.54 Å². The molecule has 0 aromatic carbocycles. The second kappa shape index (κ2) is 4.59. The molecular formula is C5H11N2O. The van der Waals surface area contributed by atoms with Crippen LogP contribution >= 0.6 is 0 Å². The van der Waals surface area contributed by atoms with Crippen molar-refractivity contribution in [3.05, 3.63) is 7.11 Å². The zero-order valence-corrected chi connectivity index (χ0v) is 5.29. The normalized spacial score (nSPS) is 11.0. The molecule has 0 spiro atoms. The zero-order chi connectivity index (χ0) is 6.41. The van der Waals surface area contributed by atoms with Crippen LogP contribution in [-0.4, -0.2) is 31.8 Å². The van der Waals surface area contributed by atoms with Crippen molar-refractivity contribution in [2.45, 2.75) is 0 Å². The molecule has 0 bridgehead atoms. The van der Waals surface area contributed by atoms with E-state index in [9.17, 15) is 0 Å². The Morgan fingerprint density at radius 2 is 2.38 bits per heavy atom. The molecule has 0 rings (SSSR count). The molecule has 3 heteroatoms. The summed E-state index contributed by atoms with van der Waals surface area (Å²) in [6.45, 7) is 0.787. The van der Waals surface area contributed by atoms with E-state index >= 15 is 0 Å². The maximum atomic E-state index is 4.18. The van der Waals surface area contributed by atoms with Gasteiger partial charge in [-0.2, -0.15) is 0 Å². The van der Waals surface area contributed by atoms with Crippen LogP contribution in [0.4, 0.5) is 0 Å². The number of oxime groups is 1. The first-order chi connectivity index (χ1) is 3.77. The average Bonchev–Trinajstić information content (AvgIpc) is 1.66. The molecule has 0 aromatic rings. The van der Waals surface area contributed by atoms with E-state index in [1.165, 1.54) is 0 Å². The van der Waals surface area contributed by atoms with E-state index in [2.05, 4.69) is 17.1 Å². The van der Waals surface area contributed by atoms with E-state index in [1.54, 1.807) is 6.21 Å². The summed E-state index contributed by atoms with van der Waals surface area (Å²) in [4.78, 5) is 6.16. The zero-order valence-electron chi connectivity index (χ0n) is 5.29. The lowest BCUT2D eigenvalue weighted by atomic mass is 10.7. The van der Waals surface area contributed by atoms with Crippen molar-refractivity contribution >= 4 is 6.21 Å². The van der Waals surface area contributed by atoms with E-state index in [0.29, 0.717) is 0 Å². The summed E-state index contributed by atoms with van der Waals surface area (Å²) in [7, 11) is 6.97. The van der Waals surface area contributed by atoms with Crippen molar-refractivity contribution in [2.75, 3.05) is 20.6 Å². The van der Waals surface area contributed by atoms with Crippen LogP contribution in [-0.2, 0) is 4.84 Å². The molecule has 0 aromatic heterocycles. The highest BCUT2D eigenvalue weighted by Gasteiger charge is 1.80. The predicted molar refractivity (Wildman–Crippen MR) is 33.5 cm³/mol. The fourth-order valence-electron chi connectivity index (χ4n) is 0.249. The van der Waals surface area contributed by atoms with Crippen molar-refractivity contribution in [3.63, 3.8) is 0 Å². The Hall–Kier alpha value is -0.570. The van der Waals surface area contributed by atoms with Gasteiger partial charge in [-0.15, -0.1) is 0 Å². The molecule has 0 unspecified atom stereocenters. The molecule has 8 heavy (non-hydrogen) atoms. The second-order valence-electron chi connectivity index (χ2n) is 1.68. The van der Waals surface area contributed by atoms with Crippen molar-refractivity contribution in [1.82, 2.24) is 4.90 Å². The van der Waals surface area contributed by atoms with Crippen LogP contribution < -0.4 is 0 Å². The largest absolute Gasteiger partial charge is 0.392 e. The third-order valence-electron chi connectivity index (χ3n) is 0.596. The molecule has 3 nitrogen and oxygen atoms in total. The highest BCUT2D eigenvalue weighted by Crippen LogP contribution is 1.70. The van der Waals surface area contributed by atoms with Gasteiger partial charge < -0.3 is 9.74 Å². The van der Waals surface area contributed by atoms with E-state index < -0.39 is 0 Å². The quantitative estimate of drug-likeness (QED) is 0.391. The number of hydrogen-bond acceptors (Lipinski definition) is 3. The van der Waals surface area contributed by atoms with Gasteiger partial charge in [0, 0.05) is 6.54 Å². The van der Waals surface area contributed by atoms with Gasteiger partial charge in [-0.05, 0) is 14.1 Å². The van der Waals surface area contributed by atoms with Crippen LogP contribution in [0.15, 0.2) is 5.16 Å². The minimum absolute atomic E-state index is 0.787. The van der Waals surface area contributed by atoms with Gasteiger partial charge in [0.1, 0.15) is 0 Å². The Labute approximate surface area is 49.9 Å². The SMILES string of the molecule is [CH2]O/N=C/CN(C)C. The third-order valence-corrected chi connectivity index (χ3v) is 0.596. The van der Waals surface area contributed by atoms with Crippen molar-refractivity contribution in [1.29, 1.82) is 0 Å². The molecule has 0 saturated heterocycles. The number of nitrogens with zero attached hydrogens (tertiary/aromatic N) is 2. The standard InChI is InChI=1S/C5H11N2O/c1-7(2)5-4-6-8-3/h4H,3,5H2,1-2H3/b6-4+. The van der Waals surface area contributed by atoms with Gasteiger partial charge in [0.25, 0.3) is 0 Å². The lowest BCUT2D eigenvalue weighted by molar-refractivity contribution is 0.260. The first-order valence-corrected chi connectivity index (χ1v) is 2.35. The monoisotopic (exact) mass is 115 g/mol. The molecule has 1 radical (unpaired) electrons. The fourth-order valence-corrected chi connectivity index (χ4v) is 0.249. The highest BCUT2D eigenvalue weighted by molar-refractivity contribution is 5.58. The van der Waals surface area contributed by atoms with Crippen molar-refractivity contribution in [2.24, 2.45) is 5.16 Å². The molecule has 0 aliphatic heterocycles. The molecule has 0 fully saturated rings. The lowest BCUT2D eigenvalue weighted by Gasteiger charge is -2.01. The predicted octanol–water partition coefficient (Wildman–Crippen LogP) is 0.342. The lowest BCUT2D eigenvalue weighted by Crippen LogP contribution is -2.13. The third kappa shape index (κ3) is 5.43. The average molecular weight is 115 g/mol. The smallest absolute Gasteiger partial charge is 0.153 e. The minimum Gasteiger partial charge on any atom is -0.392 e. The molecule has 0 atom stereocenters. The second-order valence-corrected chi connectivity index (χ2v) is 1.68. The molecule has 47 valence electrons. The van der Waals surface area contributed by atoms with Gasteiger partial charge in [-0.1, -0.05) is 5.16 Å². The summed E-state index contributed by atoms with van der Waals surface area (Å²) in [6, 6.07) is 0. The molecular weight excluding hydrogens is 104 g/mol. The Balaban J connectivity index is 3.03. The molecule has 0 aliphatic carbocycles. The Morgan fingerprint density at radius 1 is 1.75 bits per heavy atom. The first-order valence-electron chi connectivity index (χ1n) is 2.35. The van der Waals surface area contributed by atoms with Crippen LogP contribution in [0.3, 0.4) is 0 Å². The summed E-state index contributed by atoms with van der Waals surface area (Å²) in [6.07, 6.45) is 1.65. The van der Waals surface area contributed by atoms with Crippen LogP contribution in [0, 0.1) is 7.11 Å². The fraction of sp³-hybridized carbons (Fsp3) is 0.600. The van der Waals surface area contributed by atoms with Crippen LogP contribution in [0.25, 0.3) is 0 Å². The van der Waals surface area contributed by atoms with E-state index in [-0.39, 0.29) is 0 Å². The Morgan fingerprint density at radius 3 is 2.75 bits per heavy atom. The molecule has 0 amide bonds. The Kier molecular flexibility index (Phi) is 4.26. The minimum atomic E-state index is 0.787. The summed E-state index contributed by atoms with van der Waals surface area (Å²) in [5.74, 6) is 0. The first kappa shape index (κ1) is 7.43. The van der Waals surface area contributed by atoms with E-state index in [4.69, 9.17) is 0 Å². The molecule has 0 N–H and O–H groups in total. The van der Waals surface area contributed by atoms with Crippen molar-refractivity contribution in [3.8, 4) is 0 Å². The summed E-state index contributed by atoms with van der Waals surface area (Å²) < 4.78 is 0. The maximum absolute atomic E-state index is 4.18. The van der Waals surface area contributed by atoms with Crippen molar-refractivity contribution < 1.29 is 4.84 Å². The topological polar surface area (TPSA) is 24.8 Å². The van der Waals surface area contributed by atoms with Gasteiger partial charge in [0.2, 0.25) is 0 Å². The number of hydrogen-bond donors (Lipinski definition) is 0. The summed E-state index contributed by atoms with van der Waals surface area (Å²) in [5, 5.41) is 3.43. The highest BCUT2D eigenvalue weighted by atomic mass is 16.6. The number of rotatable bonds is 3. The maximum Gasteiger partial charge on any atom is 0.153 e. The summed E-state index contributed by atoms with van der Waals surface area (Å²) >= 11 is 0. The van der Waals surface area contributed by atoms with Gasteiger partial charge in [0.15, 0.2) is 7.11 Å². The summed E-state index contributed by atoms with van der Waals surface area (Å²) in [5.41, 5.74) is 0. The Bertz CT molecular complexity index is 70.8. The van der Waals surface area contributed by atoms with Crippen LogP contribution in [0.5, 0.6) is 0 Å².